The van der Waals surface area contributed by atoms with Crippen molar-refractivity contribution in [3.63, 3.8) is 0 Å². The van der Waals surface area contributed by atoms with Crippen LogP contribution in [0.2, 0.25) is 0 Å². The lowest BCUT2D eigenvalue weighted by Gasteiger charge is -2.01. The molecular formula is C16H10N2OS2. The third-order valence-corrected chi connectivity index (χ3v) is 5.18. The van der Waals surface area contributed by atoms with E-state index < -0.39 is 0 Å². The highest BCUT2D eigenvalue weighted by Crippen LogP contribution is 2.39. The maximum Gasteiger partial charge on any atom is 0.202 e. The number of ketones is 1. The Bertz CT molecular complexity index is 883. The van der Waals surface area contributed by atoms with Crippen LogP contribution >= 0.6 is 23.1 Å². The second-order valence-electron chi connectivity index (χ2n) is 4.62. The Morgan fingerprint density at radius 1 is 1.14 bits per heavy atom. The smallest absolute Gasteiger partial charge is 0.202 e. The van der Waals surface area contributed by atoms with Crippen LogP contribution in [0.1, 0.15) is 10.4 Å². The summed E-state index contributed by atoms with van der Waals surface area (Å²) in [4.78, 5) is 18.3. The summed E-state index contributed by atoms with van der Waals surface area (Å²) in [6.45, 7) is 0. The van der Waals surface area contributed by atoms with Crippen LogP contribution in [0, 0.1) is 0 Å². The Morgan fingerprint density at radius 2 is 2.05 bits per heavy atom. The van der Waals surface area contributed by atoms with Crippen LogP contribution < -0.4 is 5.32 Å². The molecule has 4 rings (SSSR count). The number of anilines is 1. The number of nitrogens with one attached hydrogen (secondary N) is 1. The second kappa shape index (κ2) is 5.02. The van der Waals surface area contributed by atoms with E-state index in [2.05, 4.69) is 10.3 Å². The van der Waals surface area contributed by atoms with Crippen molar-refractivity contribution < 1.29 is 4.79 Å². The molecule has 21 heavy (non-hydrogen) atoms. The summed E-state index contributed by atoms with van der Waals surface area (Å²) < 4.78 is 1.16. The topological polar surface area (TPSA) is 42.0 Å². The number of thiazole rings is 1. The van der Waals surface area contributed by atoms with Crippen LogP contribution in [-0.2, 0) is 0 Å². The van der Waals surface area contributed by atoms with Crippen LogP contribution in [0.15, 0.2) is 64.0 Å². The zero-order chi connectivity index (χ0) is 14.2. The van der Waals surface area contributed by atoms with Crippen LogP contribution in [0.25, 0.3) is 10.2 Å². The van der Waals surface area contributed by atoms with Gasteiger partial charge in [-0.3, -0.25) is 4.79 Å². The normalized spacial score (nSPS) is 15.6. The van der Waals surface area contributed by atoms with Crippen LogP contribution in [0.4, 0.5) is 5.69 Å². The molecule has 0 fully saturated rings. The number of rotatable bonds is 2. The van der Waals surface area contributed by atoms with E-state index in [-0.39, 0.29) is 5.78 Å². The number of allylic oxidation sites excluding steroid dienone is 1. The Labute approximate surface area is 129 Å². The highest BCUT2D eigenvalue weighted by Gasteiger charge is 2.24. The molecule has 0 spiro atoms. The molecule has 0 unspecified atom stereocenters. The maximum atomic E-state index is 12.2. The molecule has 102 valence electrons. The minimum Gasteiger partial charge on any atom is -0.360 e. The summed E-state index contributed by atoms with van der Waals surface area (Å²) in [6, 6.07) is 13.7. The number of carbonyl (C=O) groups is 1. The van der Waals surface area contributed by atoms with Crippen molar-refractivity contribution >= 4 is 44.8 Å². The number of fused-ring (bicyclic) bond motifs is 2. The van der Waals surface area contributed by atoms with E-state index in [1.165, 1.54) is 11.8 Å². The van der Waals surface area contributed by atoms with Crippen LogP contribution in [0.3, 0.4) is 0 Å². The molecule has 0 aliphatic carbocycles. The molecule has 1 N–H and O–H groups in total. The summed E-state index contributed by atoms with van der Waals surface area (Å²) in [5, 5.41) is 3.19. The lowest BCUT2D eigenvalue weighted by molar-refractivity contribution is 0.104. The second-order valence-corrected chi connectivity index (χ2v) is 6.59. The molecule has 1 aliphatic rings. The third-order valence-electron chi connectivity index (χ3n) is 3.28. The number of Topliss-reactive ketones (excluding diaryl/α,β-unsaturated/α-hetero) is 1. The monoisotopic (exact) mass is 310 g/mol. The molecule has 2 heterocycles. The van der Waals surface area contributed by atoms with Gasteiger partial charge in [-0.2, -0.15) is 0 Å². The summed E-state index contributed by atoms with van der Waals surface area (Å²) in [6.07, 6.45) is 1.78. The van der Waals surface area contributed by atoms with Gasteiger partial charge in [0.25, 0.3) is 0 Å². The highest BCUT2D eigenvalue weighted by atomic mass is 32.2. The van der Waals surface area contributed by atoms with Crippen molar-refractivity contribution in [3.05, 3.63) is 64.6 Å². The van der Waals surface area contributed by atoms with Gasteiger partial charge in [-0.25, -0.2) is 4.98 Å². The Hall–Kier alpha value is -2.11. The molecular weight excluding hydrogens is 300 g/mol. The van der Waals surface area contributed by atoms with Gasteiger partial charge in [0, 0.05) is 22.3 Å². The van der Waals surface area contributed by atoms with Crippen molar-refractivity contribution in [1.29, 1.82) is 0 Å². The zero-order valence-electron chi connectivity index (χ0n) is 10.9. The first-order valence-corrected chi connectivity index (χ1v) is 8.12. The summed E-state index contributed by atoms with van der Waals surface area (Å²) in [5.74, 6) is 0.0813. The first-order valence-electron chi connectivity index (χ1n) is 6.43. The van der Waals surface area contributed by atoms with Crippen LogP contribution in [0.5, 0.6) is 0 Å². The fourth-order valence-corrected chi connectivity index (χ4v) is 3.87. The number of hydrogen-bond donors (Lipinski definition) is 1. The molecule has 3 nitrogen and oxygen atoms in total. The SMILES string of the molecule is O=C1C(=CNc2ccc3scnc3c2)Sc2ccccc21. The molecule has 0 saturated heterocycles. The molecule has 5 heteroatoms. The van der Waals surface area contributed by atoms with Gasteiger partial charge in [0.15, 0.2) is 0 Å². The first-order chi connectivity index (χ1) is 10.3. The molecule has 0 amide bonds. The van der Waals surface area contributed by atoms with Gasteiger partial charge < -0.3 is 5.32 Å². The van der Waals surface area contributed by atoms with E-state index in [0.717, 1.165) is 31.3 Å². The van der Waals surface area contributed by atoms with E-state index in [1.54, 1.807) is 17.5 Å². The largest absolute Gasteiger partial charge is 0.360 e. The molecule has 2 aromatic carbocycles. The van der Waals surface area contributed by atoms with Gasteiger partial charge in [-0.05, 0) is 30.3 Å². The number of hydrogen-bond acceptors (Lipinski definition) is 5. The van der Waals surface area contributed by atoms with Crippen molar-refractivity contribution in [2.75, 3.05) is 5.32 Å². The first kappa shape index (κ1) is 12.6. The lowest BCUT2D eigenvalue weighted by atomic mass is 10.1. The van der Waals surface area contributed by atoms with Gasteiger partial charge >= 0.3 is 0 Å². The summed E-state index contributed by atoms with van der Waals surface area (Å²) in [5.41, 5.74) is 4.52. The van der Waals surface area contributed by atoms with E-state index in [4.69, 9.17) is 0 Å². The minimum atomic E-state index is 0.0813. The van der Waals surface area contributed by atoms with Gasteiger partial charge in [0.1, 0.15) is 0 Å². The van der Waals surface area contributed by atoms with E-state index in [1.807, 2.05) is 48.0 Å². The van der Waals surface area contributed by atoms with E-state index in [0.29, 0.717) is 0 Å². The Morgan fingerprint density at radius 3 is 2.95 bits per heavy atom. The minimum absolute atomic E-state index is 0.0813. The summed E-state index contributed by atoms with van der Waals surface area (Å²) >= 11 is 3.12. The summed E-state index contributed by atoms with van der Waals surface area (Å²) in [7, 11) is 0. The number of thioether (sulfide) groups is 1. The average molecular weight is 310 g/mol. The third kappa shape index (κ3) is 2.24. The molecule has 0 saturated carbocycles. The fraction of sp³-hybridized carbons (Fsp3) is 0. The number of carbonyl (C=O) groups excluding carboxylic acids is 1. The van der Waals surface area contributed by atoms with Gasteiger partial charge in [0.2, 0.25) is 5.78 Å². The quantitative estimate of drug-likeness (QED) is 0.706. The van der Waals surface area contributed by atoms with Gasteiger partial charge in [-0.15, -0.1) is 11.3 Å². The van der Waals surface area contributed by atoms with Crippen LogP contribution in [-0.4, -0.2) is 10.8 Å². The van der Waals surface area contributed by atoms with E-state index >= 15 is 0 Å². The molecule has 0 atom stereocenters. The Balaban J connectivity index is 1.60. The molecule has 3 aromatic rings. The number of nitrogens with zero attached hydrogens (tertiary/aromatic N) is 1. The van der Waals surface area contributed by atoms with E-state index in [9.17, 15) is 4.79 Å². The standard InChI is InChI=1S/C16H10N2OS2/c19-16-11-3-1-2-4-13(11)21-15(16)8-17-10-5-6-14-12(7-10)18-9-20-14/h1-9,17H. The average Bonchev–Trinajstić information content (AvgIpc) is 3.10. The van der Waals surface area contributed by atoms with Gasteiger partial charge in [0.05, 0.1) is 20.6 Å². The van der Waals surface area contributed by atoms with Gasteiger partial charge in [-0.1, -0.05) is 23.9 Å². The predicted octanol–water partition coefficient (Wildman–Crippen LogP) is 4.54. The lowest BCUT2D eigenvalue weighted by Crippen LogP contribution is -1.97. The number of aromatic nitrogens is 1. The molecule has 1 aromatic heterocycles. The highest BCUT2D eigenvalue weighted by molar-refractivity contribution is 8.04. The maximum absolute atomic E-state index is 12.2. The molecule has 0 radical (unpaired) electrons. The van der Waals surface area contributed by atoms with Crippen molar-refractivity contribution in [2.45, 2.75) is 4.90 Å². The van der Waals surface area contributed by atoms with Crippen molar-refractivity contribution in [1.82, 2.24) is 4.98 Å². The fourth-order valence-electron chi connectivity index (χ4n) is 2.23. The molecule has 1 aliphatic heterocycles. The van der Waals surface area contributed by atoms with Crippen molar-refractivity contribution in [2.24, 2.45) is 0 Å². The molecule has 0 bridgehead atoms. The van der Waals surface area contributed by atoms with Crippen molar-refractivity contribution in [3.8, 4) is 0 Å². The number of benzene rings is 2. The zero-order valence-corrected chi connectivity index (χ0v) is 12.5. The predicted molar refractivity (Wildman–Crippen MR) is 88.0 cm³/mol. The Kier molecular flexibility index (Phi) is 3.02.